The lowest BCUT2D eigenvalue weighted by Gasteiger charge is -2.35. The van der Waals surface area contributed by atoms with Crippen molar-refractivity contribution in [1.82, 2.24) is 24.4 Å². The summed E-state index contributed by atoms with van der Waals surface area (Å²) in [6.07, 6.45) is 11.6. The van der Waals surface area contributed by atoms with Gasteiger partial charge in [0, 0.05) is 56.2 Å². The quantitative estimate of drug-likeness (QED) is 0.773. The van der Waals surface area contributed by atoms with Gasteiger partial charge in [-0.2, -0.15) is 0 Å². The van der Waals surface area contributed by atoms with Crippen LogP contribution in [0.1, 0.15) is 36.6 Å². The number of nitrogens with one attached hydrogen (secondary N) is 1. The number of imidazole rings is 1. The minimum atomic E-state index is 0.102. The monoisotopic (exact) mass is 349 g/mol. The van der Waals surface area contributed by atoms with Crippen molar-refractivity contribution in [1.29, 1.82) is 0 Å². The highest BCUT2D eigenvalue weighted by atomic mass is 16.2. The third-order valence-electron chi connectivity index (χ3n) is 6.01. The standard InChI is InChI=1S/C20H23N5O/c26-20(15-3-4-18-21-8-11-25(18)13-15)24-9-5-14(6-10-24)17-12-23-19-16(17)2-1-7-22-19/h1-2,7-8,11-12,14-15H,3-6,9-10,13H2,(H,22,23). The SMILES string of the molecule is O=C(C1CCc2nccn2C1)N1CCC(c2c[nH]c3ncccc23)CC1. The normalized spacial score (nSPS) is 21.1. The number of likely N-dealkylation sites (tertiary alicyclic amines) is 1. The molecule has 1 amide bonds. The van der Waals surface area contributed by atoms with Crippen molar-refractivity contribution in [3.05, 3.63) is 48.3 Å². The van der Waals surface area contributed by atoms with E-state index < -0.39 is 0 Å². The van der Waals surface area contributed by atoms with E-state index in [1.165, 1.54) is 10.9 Å². The van der Waals surface area contributed by atoms with Gasteiger partial charge < -0.3 is 14.5 Å². The molecule has 6 nitrogen and oxygen atoms in total. The summed E-state index contributed by atoms with van der Waals surface area (Å²) in [5, 5.41) is 1.22. The average molecular weight is 349 g/mol. The number of pyridine rings is 1. The van der Waals surface area contributed by atoms with Crippen LogP contribution in [0.25, 0.3) is 11.0 Å². The fourth-order valence-electron chi connectivity index (χ4n) is 4.55. The molecule has 3 aromatic heterocycles. The third-order valence-corrected chi connectivity index (χ3v) is 6.01. The first-order valence-electron chi connectivity index (χ1n) is 9.50. The van der Waals surface area contributed by atoms with E-state index in [0.29, 0.717) is 11.8 Å². The Morgan fingerprint density at radius 2 is 2.04 bits per heavy atom. The number of aryl methyl sites for hydroxylation is 1. The Labute approximate surface area is 152 Å². The average Bonchev–Trinajstić information content (AvgIpc) is 3.34. The van der Waals surface area contributed by atoms with Gasteiger partial charge in [0.25, 0.3) is 0 Å². The number of carbonyl (C=O) groups excluding carboxylic acids is 1. The molecule has 0 spiro atoms. The van der Waals surface area contributed by atoms with Crippen molar-refractivity contribution in [3.8, 4) is 0 Å². The molecule has 5 heterocycles. The summed E-state index contributed by atoms with van der Waals surface area (Å²) in [5.41, 5.74) is 2.31. The van der Waals surface area contributed by atoms with Gasteiger partial charge in [-0.3, -0.25) is 4.79 Å². The molecule has 6 heteroatoms. The van der Waals surface area contributed by atoms with E-state index in [9.17, 15) is 4.79 Å². The number of H-pyrrole nitrogens is 1. The van der Waals surface area contributed by atoms with E-state index in [0.717, 1.165) is 56.8 Å². The van der Waals surface area contributed by atoms with Crippen LogP contribution in [0, 0.1) is 5.92 Å². The summed E-state index contributed by atoms with van der Waals surface area (Å²) in [6.45, 7) is 2.48. The van der Waals surface area contributed by atoms with Crippen LogP contribution in [-0.2, 0) is 17.8 Å². The summed E-state index contributed by atoms with van der Waals surface area (Å²) in [6, 6.07) is 4.13. The predicted octanol–water partition coefficient (Wildman–Crippen LogP) is 2.73. The van der Waals surface area contributed by atoms with Crippen LogP contribution < -0.4 is 0 Å². The molecular formula is C20H23N5O. The number of hydrogen-bond donors (Lipinski definition) is 1. The van der Waals surface area contributed by atoms with Crippen LogP contribution in [0.15, 0.2) is 36.9 Å². The molecule has 2 aliphatic heterocycles. The van der Waals surface area contributed by atoms with E-state index >= 15 is 0 Å². The Morgan fingerprint density at radius 1 is 1.15 bits per heavy atom. The van der Waals surface area contributed by atoms with Gasteiger partial charge in [0.1, 0.15) is 11.5 Å². The third kappa shape index (κ3) is 2.60. The second-order valence-electron chi connectivity index (χ2n) is 7.47. The van der Waals surface area contributed by atoms with Gasteiger partial charge in [-0.1, -0.05) is 0 Å². The Balaban J connectivity index is 1.25. The summed E-state index contributed by atoms with van der Waals surface area (Å²) < 4.78 is 2.14. The minimum Gasteiger partial charge on any atom is -0.346 e. The molecule has 26 heavy (non-hydrogen) atoms. The predicted molar refractivity (Wildman–Crippen MR) is 98.7 cm³/mol. The molecule has 0 bridgehead atoms. The lowest BCUT2D eigenvalue weighted by atomic mass is 9.88. The summed E-state index contributed by atoms with van der Waals surface area (Å²) in [7, 11) is 0. The fourth-order valence-corrected chi connectivity index (χ4v) is 4.55. The zero-order valence-corrected chi connectivity index (χ0v) is 14.8. The van der Waals surface area contributed by atoms with E-state index in [2.05, 4.69) is 36.7 Å². The number of fused-ring (bicyclic) bond motifs is 2. The number of aromatic nitrogens is 4. The Hall–Kier alpha value is -2.63. The van der Waals surface area contributed by atoms with Gasteiger partial charge in [-0.15, -0.1) is 0 Å². The van der Waals surface area contributed by atoms with Crippen molar-refractivity contribution in [3.63, 3.8) is 0 Å². The molecule has 5 rings (SSSR count). The zero-order valence-electron chi connectivity index (χ0n) is 14.8. The first-order valence-corrected chi connectivity index (χ1v) is 9.50. The van der Waals surface area contributed by atoms with E-state index in [1.807, 2.05) is 24.7 Å². The van der Waals surface area contributed by atoms with Crippen molar-refractivity contribution < 1.29 is 4.79 Å². The molecule has 1 fully saturated rings. The Morgan fingerprint density at radius 3 is 2.92 bits per heavy atom. The van der Waals surface area contributed by atoms with Gasteiger partial charge in [-0.25, -0.2) is 9.97 Å². The minimum absolute atomic E-state index is 0.102. The fraction of sp³-hybridized carbons (Fsp3) is 0.450. The summed E-state index contributed by atoms with van der Waals surface area (Å²) in [4.78, 5) is 27.1. The molecule has 1 N–H and O–H groups in total. The van der Waals surface area contributed by atoms with Crippen LogP contribution in [-0.4, -0.2) is 43.4 Å². The molecule has 1 saturated heterocycles. The maximum atomic E-state index is 13.0. The lowest BCUT2D eigenvalue weighted by Crippen LogP contribution is -2.43. The molecule has 1 unspecified atom stereocenters. The van der Waals surface area contributed by atoms with Crippen molar-refractivity contribution >= 4 is 16.9 Å². The van der Waals surface area contributed by atoms with Gasteiger partial charge in [-0.05, 0) is 42.9 Å². The summed E-state index contributed by atoms with van der Waals surface area (Å²) in [5.74, 6) is 2.04. The molecule has 2 aliphatic rings. The highest BCUT2D eigenvalue weighted by Gasteiger charge is 2.31. The van der Waals surface area contributed by atoms with Gasteiger partial charge in [0.05, 0.1) is 5.92 Å². The number of nitrogens with zero attached hydrogens (tertiary/aromatic N) is 4. The highest BCUT2D eigenvalue weighted by Crippen LogP contribution is 2.33. The number of carbonyl (C=O) groups is 1. The van der Waals surface area contributed by atoms with Crippen LogP contribution in [0.2, 0.25) is 0 Å². The molecule has 1 atom stereocenters. The molecular weight excluding hydrogens is 326 g/mol. The van der Waals surface area contributed by atoms with Gasteiger partial charge in [0.2, 0.25) is 5.91 Å². The molecule has 0 saturated carbocycles. The second kappa shape index (κ2) is 6.27. The number of amides is 1. The van der Waals surface area contributed by atoms with Crippen LogP contribution in [0.5, 0.6) is 0 Å². The zero-order chi connectivity index (χ0) is 17.5. The molecule has 134 valence electrons. The Kier molecular flexibility index (Phi) is 3.76. The number of rotatable bonds is 2. The van der Waals surface area contributed by atoms with Crippen LogP contribution in [0.3, 0.4) is 0 Å². The van der Waals surface area contributed by atoms with E-state index in [-0.39, 0.29) is 5.92 Å². The van der Waals surface area contributed by atoms with E-state index in [1.54, 1.807) is 0 Å². The first kappa shape index (κ1) is 15.6. The number of aromatic amines is 1. The summed E-state index contributed by atoms with van der Waals surface area (Å²) >= 11 is 0. The molecule has 3 aromatic rings. The van der Waals surface area contributed by atoms with Crippen LogP contribution in [0.4, 0.5) is 0 Å². The van der Waals surface area contributed by atoms with Gasteiger partial charge in [0.15, 0.2) is 0 Å². The van der Waals surface area contributed by atoms with Crippen molar-refractivity contribution in [2.75, 3.05) is 13.1 Å². The number of piperidine rings is 1. The van der Waals surface area contributed by atoms with Gasteiger partial charge >= 0.3 is 0 Å². The topological polar surface area (TPSA) is 66.8 Å². The Bertz CT molecular complexity index is 934. The van der Waals surface area contributed by atoms with Crippen LogP contribution >= 0.6 is 0 Å². The van der Waals surface area contributed by atoms with Crippen molar-refractivity contribution in [2.24, 2.45) is 5.92 Å². The van der Waals surface area contributed by atoms with E-state index in [4.69, 9.17) is 0 Å². The molecule has 0 radical (unpaired) electrons. The maximum Gasteiger partial charge on any atom is 0.227 e. The maximum absolute atomic E-state index is 13.0. The first-order chi connectivity index (χ1) is 12.8. The smallest absolute Gasteiger partial charge is 0.227 e. The second-order valence-corrected chi connectivity index (χ2v) is 7.47. The molecule has 0 aromatic carbocycles. The molecule has 0 aliphatic carbocycles. The van der Waals surface area contributed by atoms with Crippen molar-refractivity contribution in [2.45, 2.75) is 38.1 Å². The number of hydrogen-bond acceptors (Lipinski definition) is 3. The highest BCUT2D eigenvalue weighted by molar-refractivity contribution is 5.81. The largest absolute Gasteiger partial charge is 0.346 e. The lowest BCUT2D eigenvalue weighted by molar-refractivity contribution is -0.137.